The summed E-state index contributed by atoms with van der Waals surface area (Å²) >= 11 is 0. The van der Waals surface area contributed by atoms with Gasteiger partial charge in [-0.15, -0.1) is 0 Å². The van der Waals surface area contributed by atoms with E-state index >= 15 is 0 Å². The fraction of sp³-hybridized carbons (Fsp3) is 0.765. The number of hydrogen-bond acceptors (Lipinski definition) is 4. The molecule has 0 radical (unpaired) electrons. The lowest BCUT2D eigenvalue weighted by Crippen LogP contribution is -2.44. The minimum atomic E-state index is -0.242. The number of H-pyrrole nitrogens is 1. The lowest BCUT2D eigenvalue weighted by atomic mass is 9.86. The number of likely N-dealkylation sites (tertiary alicyclic amines) is 1. The van der Waals surface area contributed by atoms with Gasteiger partial charge in [0.25, 0.3) is 5.56 Å². The number of aromatic nitrogens is 1. The number of aromatic amines is 1. The number of aryl methyl sites for hydroxylation is 1. The predicted octanol–water partition coefficient (Wildman–Crippen LogP) is 2.76. The number of piperidine rings is 1. The van der Waals surface area contributed by atoms with Crippen molar-refractivity contribution < 1.29 is 9.32 Å². The third-order valence-electron chi connectivity index (χ3n) is 4.76. The zero-order chi connectivity index (χ0) is 16.1. The third kappa shape index (κ3) is 4.83. The molecule has 124 valence electrons. The van der Waals surface area contributed by atoms with Crippen molar-refractivity contribution in [3.05, 3.63) is 22.2 Å². The summed E-state index contributed by atoms with van der Waals surface area (Å²) in [6, 6.07) is 2.63. The van der Waals surface area contributed by atoms with Crippen molar-refractivity contribution in [2.24, 2.45) is 5.92 Å². The first-order valence-corrected chi connectivity index (χ1v) is 8.40. The van der Waals surface area contributed by atoms with E-state index < -0.39 is 0 Å². The van der Waals surface area contributed by atoms with Crippen molar-refractivity contribution in [2.75, 3.05) is 6.54 Å². The van der Waals surface area contributed by atoms with Crippen LogP contribution in [0.1, 0.15) is 58.6 Å². The van der Waals surface area contributed by atoms with Gasteiger partial charge in [-0.3, -0.25) is 14.5 Å². The largest absolute Gasteiger partial charge is 0.384 e. The molecule has 1 saturated heterocycles. The van der Waals surface area contributed by atoms with Gasteiger partial charge < -0.3 is 4.52 Å². The molecule has 1 N–H and O–H groups in total. The summed E-state index contributed by atoms with van der Waals surface area (Å²) in [5, 5.41) is 2.25. The molecule has 0 aromatic carbocycles. The van der Waals surface area contributed by atoms with E-state index in [0.717, 1.165) is 13.0 Å². The van der Waals surface area contributed by atoms with Gasteiger partial charge in [-0.05, 0) is 52.5 Å². The van der Waals surface area contributed by atoms with Crippen LogP contribution < -0.4 is 5.56 Å². The van der Waals surface area contributed by atoms with Gasteiger partial charge in [-0.1, -0.05) is 0 Å². The molecule has 2 rings (SSSR count). The maximum Gasteiger partial charge on any atom is 0.280 e. The van der Waals surface area contributed by atoms with Gasteiger partial charge in [0.05, 0.1) is 0 Å². The second kappa shape index (κ2) is 7.77. The monoisotopic (exact) mass is 308 g/mol. The zero-order valence-electron chi connectivity index (χ0n) is 13.9. The first-order valence-electron chi connectivity index (χ1n) is 8.40. The Bertz CT molecular complexity index is 532. The minimum absolute atomic E-state index is 0.242. The van der Waals surface area contributed by atoms with Crippen LogP contribution in [0.4, 0.5) is 0 Å². The van der Waals surface area contributed by atoms with Gasteiger partial charge in [0.15, 0.2) is 0 Å². The van der Waals surface area contributed by atoms with Crippen molar-refractivity contribution in [2.45, 2.75) is 71.4 Å². The molecule has 5 heteroatoms. The number of nitrogens with zero attached hydrogens (tertiary/aromatic N) is 1. The van der Waals surface area contributed by atoms with E-state index in [1.165, 1.54) is 18.9 Å². The first kappa shape index (κ1) is 17.0. The molecular formula is C17H28N2O3. The van der Waals surface area contributed by atoms with E-state index in [1.54, 1.807) is 0 Å². The SMILES string of the molecule is CC(C)N1CCC(CCC(=O)CCc2cc(=O)[nH]o2)CC1C. The standard InChI is InChI=1S/C17H28N2O3/c1-12(2)19-9-8-14(10-13(19)3)4-5-15(20)6-7-16-11-17(21)18-22-16/h11-14H,4-10H2,1-3H3,(H,18,21). The Balaban J connectivity index is 1.67. The average molecular weight is 308 g/mol. The molecule has 0 bridgehead atoms. The van der Waals surface area contributed by atoms with Crippen molar-refractivity contribution in [3.8, 4) is 0 Å². The highest BCUT2D eigenvalue weighted by Gasteiger charge is 2.26. The molecule has 2 unspecified atom stereocenters. The Morgan fingerprint density at radius 2 is 2.23 bits per heavy atom. The van der Waals surface area contributed by atoms with E-state index in [1.807, 2.05) is 0 Å². The molecule has 5 nitrogen and oxygen atoms in total. The average Bonchev–Trinajstić information content (AvgIpc) is 2.88. The number of carbonyl (C=O) groups is 1. The van der Waals surface area contributed by atoms with E-state index in [9.17, 15) is 9.59 Å². The highest BCUT2D eigenvalue weighted by atomic mass is 16.5. The number of Topliss-reactive ketones (excluding diaryl/α,β-unsaturated/α-hetero) is 1. The van der Waals surface area contributed by atoms with Gasteiger partial charge in [-0.2, -0.15) is 5.16 Å². The van der Waals surface area contributed by atoms with Crippen LogP contribution in [0.5, 0.6) is 0 Å². The molecular weight excluding hydrogens is 280 g/mol. The van der Waals surface area contributed by atoms with Crippen molar-refractivity contribution in [1.29, 1.82) is 0 Å². The summed E-state index contributed by atoms with van der Waals surface area (Å²) < 4.78 is 4.96. The Morgan fingerprint density at radius 1 is 1.45 bits per heavy atom. The molecule has 1 aromatic heterocycles. The van der Waals surface area contributed by atoms with Gasteiger partial charge in [0.2, 0.25) is 0 Å². The molecule has 0 saturated carbocycles. The molecule has 22 heavy (non-hydrogen) atoms. The highest BCUT2D eigenvalue weighted by Crippen LogP contribution is 2.28. The smallest absolute Gasteiger partial charge is 0.280 e. The summed E-state index contributed by atoms with van der Waals surface area (Å²) in [7, 11) is 0. The molecule has 1 aromatic rings. The predicted molar refractivity (Wildman–Crippen MR) is 85.9 cm³/mol. The summed E-state index contributed by atoms with van der Waals surface area (Å²) in [4.78, 5) is 25.5. The molecule has 0 aliphatic carbocycles. The van der Waals surface area contributed by atoms with Crippen molar-refractivity contribution >= 4 is 5.78 Å². The molecule has 2 heterocycles. The minimum Gasteiger partial charge on any atom is -0.384 e. The maximum absolute atomic E-state index is 12.0. The number of hydrogen-bond donors (Lipinski definition) is 1. The zero-order valence-corrected chi connectivity index (χ0v) is 13.9. The second-order valence-electron chi connectivity index (χ2n) is 6.83. The van der Waals surface area contributed by atoms with Crippen LogP contribution in [0.3, 0.4) is 0 Å². The molecule has 0 amide bonds. The third-order valence-corrected chi connectivity index (χ3v) is 4.76. The van der Waals surface area contributed by atoms with Crippen LogP contribution in [-0.2, 0) is 11.2 Å². The number of carbonyl (C=O) groups excluding carboxylic acids is 1. The lowest BCUT2D eigenvalue weighted by molar-refractivity contribution is -0.119. The summed E-state index contributed by atoms with van der Waals surface area (Å²) in [5.74, 6) is 1.50. The van der Waals surface area contributed by atoms with Gasteiger partial charge >= 0.3 is 0 Å². The van der Waals surface area contributed by atoms with E-state index in [2.05, 4.69) is 30.8 Å². The maximum atomic E-state index is 12.0. The molecule has 1 fully saturated rings. The lowest BCUT2D eigenvalue weighted by Gasteiger charge is -2.40. The van der Waals surface area contributed by atoms with E-state index in [4.69, 9.17) is 4.52 Å². The normalized spacial score (nSPS) is 23.1. The van der Waals surface area contributed by atoms with Crippen LogP contribution in [0.2, 0.25) is 0 Å². The Kier molecular flexibility index (Phi) is 6.00. The van der Waals surface area contributed by atoms with Gasteiger partial charge in [-0.25, -0.2) is 0 Å². The van der Waals surface area contributed by atoms with Crippen LogP contribution in [0.25, 0.3) is 0 Å². The first-order chi connectivity index (χ1) is 10.5. The van der Waals surface area contributed by atoms with Crippen LogP contribution in [-0.4, -0.2) is 34.5 Å². The molecule has 0 spiro atoms. The summed E-state index contributed by atoms with van der Waals surface area (Å²) in [6.45, 7) is 7.94. The second-order valence-corrected chi connectivity index (χ2v) is 6.83. The highest BCUT2D eigenvalue weighted by molar-refractivity contribution is 5.78. The van der Waals surface area contributed by atoms with Gasteiger partial charge in [0.1, 0.15) is 11.5 Å². The summed E-state index contributed by atoms with van der Waals surface area (Å²) in [5.41, 5.74) is -0.242. The van der Waals surface area contributed by atoms with E-state index in [0.29, 0.717) is 43.0 Å². The topological polar surface area (TPSA) is 66.3 Å². The summed E-state index contributed by atoms with van der Waals surface area (Å²) in [6.07, 6.45) is 5.00. The quantitative estimate of drug-likeness (QED) is 0.841. The fourth-order valence-electron chi connectivity index (χ4n) is 3.51. The Hall–Kier alpha value is -1.36. The number of nitrogens with one attached hydrogen (secondary N) is 1. The van der Waals surface area contributed by atoms with Crippen LogP contribution >= 0.6 is 0 Å². The Morgan fingerprint density at radius 3 is 2.82 bits per heavy atom. The van der Waals surface area contributed by atoms with Crippen molar-refractivity contribution in [3.63, 3.8) is 0 Å². The molecule has 1 aliphatic rings. The fourth-order valence-corrected chi connectivity index (χ4v) is 3.51. The number of rotatable bonds is 7. The van der Waals surface area contributed by atoms with Gasteiger partial charge in [0, 0.05) is 37.4 Å². The van der Waals surface area contributed by atoms with E-state index in [-0.39, 0.29) is 11.3 Å². The molecule has 2 atom stereocenters. The van der Waals surface area contributed by atoms with Crippen LogP contribution in [0, 0.1) is 5.92 Å². The number of ketones is 1. The van der Waals surface area contributed by atoms with Crippen LogP contribution in [0.15, 0.2) is 15.4 Å². The Labute approximate surface area is 132 Å². The van der Waals surface area contributed by atoms with Crippen molar-refractivity contribution in [1.82, 2.24) is 10.1 Å². The molecule has 1 aliphatic heterocycles.